The average Bonchev–Trinajstić information content (AvgIpc) is 2.88. The van der Waals surface area contributed by atoms with Gasteiger partial charge in [-0.25, -0.2) is 0 Å². The van der Waals surface area contributed by atoms with E-state index in [9.17, 15) is 9.59 Å². The van der Waals surface area contributed by atoms with E-state index in [-0.39, 0.29) is 31.1 Å². The van der Waals surface area contributed by atoms with E-state index in [2.05, 4.69) is 5.32 Å². The van der Waals surface area contributed by atoms with E-state index in [1.54, 1.807) is 11.9 Å². The average molecular weight is 323 g/mol. The second-order valence-electron chi connectivity index (χ2n) is 5.96. The van der Waals surface area contributed by atoms with E-state index < -0.39 is 0 Å². The highest BCUT2D eigenvalue weighted by molar-refractivity contribution is 5.83. The Kier molecular flexibility index (Phi) is 4.91. The molecule has 0 saturated carbocycles. The Labute approximate surface area is 141 Å². The molecule has 1 fully saturated rings. The third-order valence-corrected chi connectivity index (χ3v) is 4.22. The van der Waals surface area contributed by atoms with Crippen molar-refractivity contribution in [2.24, 2.45) is 0 Å². The summed E-state index contributed by atoms with van der Waals surface area (Å²) < 4.78 is 0. The second-order valence-corrected chi connectivity index (χ2v) is 5.96. The zero-order chi connectivity index (χ0) is 16.9. The van der Waals surface area contributed by atoms with Crippen LogP contribution in [-0.2, 0) is 16.1 Å². The van der Waals surface area contributed by atoms with Gasteiger partial charge >= 0.3 is 0 Å². The Hall–Kier alpha value is -2.66. The molecule has 1 aliphatic heterocycles. The van der Waals surface area contributed by atoms with Crippen LogP contribution in [0, 0.1) is 0 Å². The molecule has 3 rings (SSSR count). The highest BCUT2D eigenvalue weighted by Gasteiger charge is 2.37. The smallest absolute Gasteiger partial charge is 0.238 e. The Balaban J connectivity index is 1.64. The number of amides is 2. The van der Waals surface area contributed by atoms with Gasteiger partial charge in [0.2, 0.25) is 11.8 Å². The number of carbonyl (C=O) groups excluding carboxylic acids is 2. The van der Waals surface area contributed by atoms with Crippen molar-refractivity contribution < 1.29 is 9.59 Å². The van der Waals surface area contributed by atoms with Crippen LogP contribution < -0.4 is 5.32 Å². The minimum Gasteiger partial charge on any atom is -0.351 e. The summed E-state index contributed by atoms with van der Waals surface area (Å²) in [6, 6.07) is 19.6. The first-order chi connectivity index (χ1) is 11.6. The minimum atomic E-state index is -0.193. The number of nitrogens with one attached hydrogen (secondary N) is 1. The van der Waals surface area contributed by atoms with Crippen LogP contribution in [0.15, 0.2) is 60.7 Å². The van der Waals surface area contributed by atoms with Crippen molar-refractivity contribution in [3.8, 4) is 0 Å². The monoisotopic (exact) mass is 323 g/mol. The van der Waals surface area contributed by atoms with Crippen LogP contribution in [0.4, 0.5) is 0 Å². The van der Waals surface area contributed by atoms with Gasteiger partial charge in [0, 0.05) is 13.6 Å². The lowest BCUT2D eigenvalue weighted by molar-refractivity contribution is -0.126. The fourth-order valence-corrected chi connectivity index (χ4v) is 2.99. The van der Waals surface area contributed by atoms with Gasteiger partial charge < -0.3 is 10.2 Å². The third-order valence-electron chi connectivity index (χ3n) is 4.22. The first-order valence-corrected chi connectivity index (χ1v) is 8.00. The van der Waals surface area contributed by atoms with Gasteiger partial charge in [-0.1, -0.05) is 60.7 Å². The zero-order valence-electron chi connectivity index (χ0n) is 13.7. The van der Waals surface area contributed by atoms with Crippen molar-refractivity contribution in [1.82, 2.24) is 15.1 Å². The predicted octanol–water partition coefficient (Wildman–Crippen LogP) is 1.78. The lowest BCUT2D eigenvalue weighted by atomic mass is 10.1. The summed E-state index contributed by atoms with van der Waals surface area (Å²) >= 11 is 0. The molecule has 124 valence electrons. The highest BCUT2D eigenvalue weighted by atomic mass is 16.2. The topological polar surface area (TPSA) is 52.7 Å². The number of rotatable bonds is 5. The SMILES string of the molecule is CN1C(=O)CN(CC(=O)NCc2ccccc2)C1c1ccccc1. The fourth-order valence-electron chi connectivity index (χ4n) is 2.99. The van der Waals surface area contributed by atoms with Crippen LogP contribution >= 0.6 is 0 Å². The van der Waals surface area contributed by atoms with Gasteiger partial charge in [0.05, 0.1) is 13.1 Å². The molecule has 1 saturated heterocycles. The molecule has 1 unspecified atom stereocenters. The molecular weight excluding hydrogens is 302 g/mol. The molecule has 0 aromatic heterocycles. The molecular formula is C19H21N3O2. The molecule has 5 heteroatoms. The molecule has 1 aliphatic rings. The van der Waals surface area contributed by atoms with Gasteiger partial charge in [0.1, 0.15) is 6.17 Å². The van der Waals surface area contributed by atoms with E-state index in [4.69, 9.17) is 0 Å². The fraction of sp³-hybridized carbons (Fsp3) is 0.263. The van der Waals surface area contributed by atoms with E-state index in [0.29, 0.717) is 6.54 Å². The van der Waals surface area contributed by atoms with Crippen LogP contribution in [0.1, 0.15) is 17.3 Å². The first kappa shape index (κ1) is 16.2. The molecule has 2 aromatic carbocycles. The number of benzene rings is 2. The molecule has 1 N–H and O–H groups in total. The lowest BCUT2D eigenvalue weighted by Gasteiger charge is -2.27. The van der Waals surface area contributed by atoms with Crippen LogP contribution in [0.5, 0.6) is 0 Å². The van der Waals surface area contributed by atoms with E-state index in [1.165, 1.54) is 0 Å². The molecule has 1 heterocycles. The largest absolute Gasteiger partial charge is 0.351 e. The van der Waals surface area contributed by atoms with E-state index in [0.717, 1.165) is 11.1 Å². The van der Waals surface area contributed by atoms with E-state index >= 15 is 0 Å². The Morgan fingerprint density at radius 3 is 2.38 bits per heavy atom. The number of hydrogen-bond donors (Lipinski definition) is 1. The number of likely N-dealkylation sites (N-methyl/N-ethyl adjacent to an activating group) is 1. The molecule has 0 aliphatic carbocycles. The van der Waals surface area contributed by atoms with Crippen LogP contribution in [0.3, 0.4) is 0 Å². The van der Waals surface area contributed by atoms with Gasteiger partial charge in [0.15, 0.2) is 0 Å². The van der Waals surface area contributed by atoms with Crippen molar-refractivity contribution in [2.75, 3.05) is 20.1 Å². The summed E-state index contributed by atoms with van der Waals surface area (Å²) in [6.45, 7) is 0.949. The minimum absolute atomic E-state index is 0.0275. The predicted molar refractivity (Wildman–Crippen MR) is 91.8 cm³/mol. The van der Waals surface area contributed by atoms with Crippen molar-refractivity contribution in [3.63, 3.8) is 0 Å². The van der Waals surface area contributed by atoms with Gasteiger partial charge in [-0.05, 0) is 11.1 Å². The summed E-state index contributed by atoms with van der Waals surface area (Å²) in [6.07, 6.45) is -0.193. The first-order valence-electron chi connectivity index (χ1n) is 8.00. The number of hydrogen-bond acceptors (Lipinski definition) is 3. The third kappa shape index (κ3) is 3.63. The molecule has 0 spiro atoms. The molecule has 0 bridgehead atoms. The highest BCUT2D eigenvalue weighted by Crippen LogP contribution is 2.28. The van der Waals surface area contributed by atoms with Gasteiger partial charge in [-0.3, -0.25) is 14.5 Å². The Morgan fingerprint density at radius 1 is 1.08 bits per heavy atom. The van der Waals surface area contributed by atoms with Crippen LogP contribution in [-0.4, -0.2) is 41.8 Å². The number of nitrogens with zero attached hydrogens (tertiary/aromatic N) is 2. The van der Waals surface area contributed by atoms with Crippen molar-refractivity contribution in [3.05, 3.63) is 71.8 Å². The van der Waals surface area contributed by atoms with E-state index in [1.807, 2.05) is 65.6 Å². The maximum absolute atomic E-state index is 12.3. The van der Waals surface area contributed by atoms with Crippen molar-refractivity contribution in [2.45, 2.75) is 12.7 Å². The second kappa shape index (κ2) is 7.27. The molecule has 0 radical (unpaired) electrons. The molecule has 1 atom stereocenters. The lowest BCUT2D eigenvalue weighted by Crippen LogP contribution is -2.38. The van der Waals surface area contributed by atoms with Gasteiger partial charge in [-0.15, -0.1) is 0 Å². The Bertz CT molecular complexity index is 703. The Morgan fingerprint density at radius 2 is 1.71 bits per heavy atom. The summed E-state index contributed by atoms with van der Waals surface area (Å²) in [5.74, 6) is -0.0532. The summed E-state index contributed by atoms with van der Waals surface area (Å²) in [5, 5.41) is 2.92. The quantitative estimate of drug-likeness (QED) is 0.912. The molecule has 24 heavy (non-hydrogen) atoms. The summed E-state index contributed by atoms with van der Waals surface area (Å²) in [5.41, 5.74) is 2.07. The standard InChI is InChI=1S/C19H21N3O2/c1-21-18(24)14-22(19(21)16-10-6-3-7-11-16)13-17(23)20-12-15-8-4-2-5-9-15/h2-11,19H,12-14H2,1H3,(H,20,23). The normalized spacial score (nSPS) is 18.0. The zero-order valence-corrected chi connectivity index (χ0v) is 13.7. The van der Waals surface area contributed by atoms with Gasteiger partial charge in [-0.2, -0.15) is 0 Å². The molecule has 5 nitrogen and oxygen atoms in total. The maximum Gasteiger partial charge on any atom is 0.238 e. The van der Waals surface area contributed by atoms with Crippen LogP contribution in [0.25, 0.3) is 0 Å². The number of carbonyl (C=O) groups is 2. The summed E-state index contributed by atoms with van der Waals surface area (Å²) in [7, 11) is 1.78. The summed E-state index contributed by atoms with van der Waals surface area (Å²) in [4.78, 5) is 28.0. The molecule has 2 aromatic rings. The van der Waals surface area contributed by atoms with Crippen molar-refractivity contribution >= 4 is 11.8 Å². The van der Waals surface area contributed by atoms with Crippen LogP contribution in [0.2, 0.25) is 0 Å². The van der Waals surface area contributed by atoms with Gasteiger partial charge in [0.25, 0.3) is 0 Å². The van der Waals surface area contributed by atoms with Crippen molar-refractivity contribution in [1.29, 1.82) is 0 Å². The molecule has 2 amide bonds. The maximum atomic E-state index is 12.3.